The van der Waals surface area contributed by atoms with Crippen LogP contribution >= 0.6 is 0 Å². The Balaban J connectivity index is 3.17. The summed E-state index contributed by atoms with van der Waals surface area (Å²) in [4.78, 5) is 0. The van der Waals surface area contributed by atoms with Crippen molar-refractivity contribution in [2.75, 3.05) is 11.5 Å². The molecule has 0 saturated heterocycles. The molecule has 5 heteroatoms. The number of hydrogen-bond acceptors (Lipinski definition) is 4. The molecular formula is C9H15N5. The van der Waals surface area contributed by atoms with Crippen LogP contribution in [0.1, 0.15) is 38.3 Å². The molecule has 0 aromatic carbocycles. The lowest BCUT2D eigenvalue weighted by Gasteiger charge is -2.14. The Morgan fingerprint density at radius 3 is 2.36 bits per heavy atom. The van der Waals surface area contributed by atoms with Gasteiger partial charge in [0.05, 0.1) is 6.04 Å². The summed E-state index contributed by atoms with van der Waals surface area (Å²) in [7, 11) is 0. The summed E-state index contributed by atoms with van der Waals surface area (Å²) in [6.45, 7) is 4.11. The van der Waals surface area contributed by atoms with Gasteiger partial charge in [-0.15, -0.1) is 0 Å². The smallest absolute Gasteiger partial charge is 0.165 e. The first-order chi connectivity index (χ1) is 6.65. The van der Waals surface area contributed by atoms with Crippen LogP contribution in [0.4, 0.5) is 11.6 Å². The molecule has 1 heterocycles. The zero-order chi connectivity index (χ0) is 10.7. The van der Waals surface area contributed by atoms with Crippen molar-refractivity contribution in [2.45, 2.75) is 32.7 Å². The minimum absolute atomic E-state index is 0.219. The van der Waals surface area contributed by atoms with Crippen LogP contribution in [0.3, 0.4) is 0 Å². The fraction of sp³-hybridized carbons (Fsp3) is 0.556. The van der Waals surface area contributed by atoms with Gasteiger partial charge in [-0.1, -0.05) is 13.8 Å². The predicted octanol–water partition coefficient (Wildman–Crippen LogP) is 1.28. The lowest BCUT2D eigenvalue weighted by molar-refractivity contribution is 0.435. The van der Waals surface area contributed by atoms with Crippen LogP contribution in [-0.2, 0) is 0 Å². The first-order valence-electron chi connectivity index (χ1n) is 4.69. The first-order valence-corrected chi connectivity index (χ1v) is 4.69. The van der Waals surface area contributed by atoms with Gasteiger partial charge < -0.3 is 11.5 Å². The maximum atomic E-state index is 8.78. The lowest BCUT2D eigenvalue weighted by Crippen LogP contribution is -2.12. The highest BCUT2D eigenvalue weighted by Gasteiger charge is 2.17. The maximum absolute atomic E-state index is 8.78. The Kier molecular flexibility index (Phi) is 2.97. The number of nitrogens with zero attached hydrogens (tertiary/aromatic N) is 3. The summed E-state index contributed by atoms with van der Waals surface area (Å²) >= 11 is 0. The van der Waals surface area contributed by atoms with Gasteiger partial charge in [-0.05, 0) is 12.8 Å². The van der Waals surface area contributed by atoms with Crippen molar-refractivity contribution in [3.05, 3.63) is 5.56 Å². The lowest BCUT2D eigenvalue weighted by atomic mass is 10.2. The van der Waals surface area contributed by atoms with Crippen LogP contribution in [0.15, 0.2) is 0 Å². The Bertz CT molecular complexity index is 356. The average Bonchev–Trinajstić information content (AvgIpc) is 2.45. The van der Waals surface area contributed by atoms with E-state index in [4.69, 9.17) is 16.7 Å². The van der Waals surface area contributed by atoms with E-state index in [1.54, 1.807) is 4.68 Å². The monoisotopic (exact) mass is 193 g/mol. The molecule has 0 amide bonds. The molecule has 1 rings (SSSR count). The Morgan fingerprint density at radius 2 is 2.00 bits per heavy atom. The van der Waals surface area contributed by atoms with Crippen molar-refractivity contribution in [1.82, 2.24) is 9.78 Å². The number of anilines is 2. The van der Waals surface area contributed by atoms with Gasteiger partial charge in [0.25, 0.3) is 0 Å². The Hall–Kier alpha value is -1.70. The molecule has 0 fully saturated rings. The summed E-state index contributed by atoms with van der Waals surface area (Å²) in [6.07, 6.45) is 1.85. The van der Waals surface area contributed by atoms with Crippen molar-refractivity contribution in [3.8, 4) is 6.07 Å². The summed E-state index contributed by atoms with van der Waals surface area (Å²) in [5.74, 6) is 0.593. The normalized spacial score (nSPS) is 10.4. The largest absolute Gasteiger partial charge is 0.383 e. The first kappa shape index (κ1) is 10.4. The van der Waals surface area contributed by atoms with Crippen LogP contribution < -0.4 is 11.5 Å². The highest BCUT2D eigenvalue weighted by molar-refractivity contribution is 5.61. The third-order valence-corrected chi connectivity index (χ3v) is 2.37. The summed E-state index contributed by atoms with van der Waals surface area (Å²) in [6, 6.07) is 2.18. The van der Waals surface area contributed by atoms with E-state index in [2.05, 4.69) is 18.9 Å². The van der Waals surface area contributed by atoms with Gasteiger partial charge in [0.1, 0.15) is 17.5 Å². The number of nitrogen functional groups attached to an aromatic ring is 2. The van der Waals surface area contributed by atoms with E-state index in [1.165, 1.54) is 0 Å². The van der Waals surface area contributed by atoms with Crippen molar-refractivity contribution in [2.24, 2.45) is 0 Å². The third kappa shape index (κ3) is 1.51. The minimum atomic E-state index is 0.219. The topological polar surface area (TPSA) is 93.6 Å². The second kappa shape index (κ2) is 4.01. The predicted molar refractivity (Wildman–Crippen MR) is 55.4 cm³/mol. The Labute approximate surface area is 83.3 Å². The number of nitriles is 1. The SMILES string of the molecule is CCC(CC)n1nc(N)c(C#N)c1N. The van der Waals surface area contributed by atoms with Gasteiger partial charge in [-0.3, -0.25) is 0 Å². The highest BCUT2D eigenvalue weighted by atomic mass is 15.3. The summed E-state index contributed by atoms with van der Waals surface area (Å²) < 4.78 is 1.65. The number of nitrogens with two attached hydrogens (primary N) is 2. The van der Waals surface area contributed by atoms with E-state index in [1.807, 2.05) is 6.07 Å². The molecule has 76 valence electrons. The summed E-state index contributed by atoms with van der Waals surface area (Å²) in [5.41, 5.74) is 11.6. The molecule has 1 aromatic heterocycles. The van der Waals surface area contributed by atoms with Crippen LogP contribution in [0.2, 0.25) is 0 Å². The minimum Gasteiger partial charge on any atom is -0.383 e. The number of rotatable bonds is 3. The van der Waals surface area contributed by atoms with E-state index in [0.29, 0.717) is 5.82 Å². The molecule has 5 nitrogen and oxygen atoms in total. The zero-order valence-corrected chi connectivity index (χ0v) is 8.49. The number of hydrogen-bond donors (Lipinski definition) is 2. The standard InChI is InChI=1S/C9H15N5/c1-3-6(4-2)14-9(12)7(5-10)8(11)13-14/h6H,3-4,12H2,1-2H3,(H2,11,13). The molecule has 0 atom stereocenters. The van der Waals surface area contributed by atoms with E-state index in [9.17, 15) is 0 Å². The van der Waals surface area contributed by atoms with Crippen molar-refractivity contribution in [3.63, 3.8) is 0 Å². The molecule has 1 aromatic rings. The molecule has 0 radical (unpaired) electrons. The third-order valence-electron chi connectivity index (χ3n) is 2.37. The molecule has 4 N–H and O–H groups in total. The molecule has 0 spiro atoms. The molecule has 0 aliphatic heterocycles. The maximum Gasteiger partial charge on any atom is 0.165 e. The number of aromatic nitrogens is 2. The quantitative estimate of drug-likeness (QED) is 0.756. The van der Waals surface area contributed by atoms with Gasteiger partial charge >= 0.3 is 0 Å². The molecule has 0 saturated carbocycles. The fourth-order valence-corrected chi connectivity index (χ4v) is 1.49. The van der Waals surface area contributed by atoms with Crippen LogP contribution in [-0.4, -0.2) is 9.78 Å². The van der Waals surface area contributed by atoms with Crippen molar-refractivity contribution >= 4 is 11.6 Å². The fourth-order valence-electron chi connectivity index (χ4n) is 1.49. The molecule has 0 unspecified atom stereocenters. The van der Waals surface area contributed by atoms with E-state index < -0.39 is 0 Å². The molecule has 14 heavy (non-hydrogen) atoms. The zero-order valence-electron chi connectivity index (χ0n) is 8.49. The van der Waals surface area contributed by atoms with E-state index in [0.717, 1.165) is 12.8 Å². The average molecular weight is 193 g/mol. The Morgan fingerprint density at radius 1 is 1.43 bits per heavy atom. The van der Waals surface area contributed by atoms with Crippen molar-refractivity contribution in [1.29, 1.82) is 5.26 Å². The van der Waals surface area contributed by atoms with Crippen molar-refractivity contribution < 1.29 is 0 Å². The molecule has 0 aliphatic rings. The second-order valence-electron chi connectivity index (χ2n) is 3.17. The molecule has 0 bridgehead atoms. The summed E-state index contributed by atoms with van der Waals surface area (Å²) in [5, 5.41) is 12.8. The van der Waals surface area contributed by atoms with Crippen LogP contribution in [0.5, 0.6) is 0 Å². The van der Waals surface area contributed by atoms with E-state index in [-0.39, 0.29) is 17.4 Å². The van der Waals surface area contributed by atoms with Crippen LogP contribution in [0, 0.1) is 11.3 Å². The van der Waals surface area contributed by atoms with Gasteiger partial charge in [-0.25, -0.2) is 4.68 Å². The van der Waals surface area contributed by atoms with Gasteiger partial charge in [-0.2, -0.15) is 10.4 Å². The van der Waals surface area contributed by atoms with Gasteiger partial charge in [0.2, 0.25) is 0 Å². The molecular weight excluding hydrogens is 178 g/mol. The van der Waals surface area contributed by atoms with Gasteiger partial charge in [0, 0.05) is 0 Å². The molecule has 0 aliphatic carbocycles. The second-order valence-corrected chi connectivity index (χ2v) is 3.17. The van der Waals surface area contributed by atoms with Crippen LogP contribution in [0.25, 0.3) is 0 Å². The van der Waals surface area contributed by atoms with E-state index >= 15 is 0 Å². The highest BCUT2D eigenvalue weighted by Crippen LogP contribution is 2.24. The van der Waals surface area contributed by atoms with Gasteiger partial charge in [0.15, 0.2) is 5.82 Å².